The molecule has 2 aromatic rings. The van der Waals surface area contributed by atoms with Crippen molar-refractivity contribution in [1.29, 1.82) is 0 Å². The zero-order valence-corrected chi connectivity index (χ0v) is 16.4. The maximum Gasteiger partial charge on any atom is 0.159 e. The van der Waals surface area contributed by atoms with Gasteiger partial charge in [-0.3, -0.25) is 9.80 Å². The summed E-state index contributed by atoms with van der Waals surface area (Å²) in [7, 11) is 0. The van der Waals surface area contributed by atoms with Crippen molar-refractivity contribution in [2.24, 2.45) is 0 Å². The topological polar surface area (TPSA) is 56.2 Å². The van der Waals surface area contributed by atoms with Crippen molar-refractivity contribution in [2.75, 3.05) is 39.5 Å². The van der Waals surface area contributed by atoms with Gasteiger partial charge in [-0.05, 0) is 41.8 Å². The van der Waals surface area contributed by atoms with Gasteiger partial charge in [-0.1, -0.05) is 18.2 Å². The summed E-state index contributed by atoms with van der Waals surface area (Å²) in [5.41, 5.74) is 1.90. The van der Waals surface area contributed by atoms with Gasteiger partial charge in [0.1, 0.15) is 12.4 Å². The molecule has 2 N–H and O–H groups in total. The van der Waals surface area contributed by atoms with Gasteiger partial charge < -0.3 is 14.9 Å². The van der Waals surface area contributed by atoms with E-state index >= 15 is 0 Å². The molecule has 0 radical (unpaired) electrons. The Morgan fingerprint density at radius 1 is 0.897 bits per heavy atom. The summed E-state index contributed by atoms with van der Waals surface area (Å²) in [4.78, 5) is 4.57. The Hall–Kier alpha value is -2.06. The second-order valence-electron chi connectivity index (χ2n) is 7.34. The first-order valence-corrected chi connectivity index (χ1v) is 9.93. The van der Waals surface area contributed by atoms with Gasteiger partial charge in [0.05, 0.1) is 6.61 Å². The van der Waals surface area contributed by atoms with Gasteiger partial charge in [-0.15, -0.1) is 0 Å². The number of ether oxygens (including phenoxy) is 1. The molecular weight excluding hydrogens is 378 g/mol. The van der Waals surface area contributed by atoms with Crippen LogP contribution in [0.5, 0.6) is 5.75 Å². The van der Waals surface area contributed by atoms with Crippen LogP contribution in [0.3, 0.4) is 0 Å². The van der Waals surface area contributed by atoms with Gasteiger partial charge in [0.2, 0.25) is 0 Å². The van der Waals surface area contributed by atoms with E-state index in [1.165, 1.54) is 6.07 Å². The Morgan fingerprint density at radius 3 is 2.34 bits per heavy atom. The van der Waals surface area contributed by atoms with E-state index in [4.69, 9.17) is 9.84 Å². The van der Waals surface area contributed by atoms with Gasteiger partial charge in [-0.2, -0.15) is 0 Å². The van der Waals surface area contributed by atoms with E-state index in [0.29, 0.717) is 13.0 Å². The van der Waals surface area contributed by atoms with E-state index in [0.717, 1.165) is 49.1 Å². The third-order valence-electron chi connectivity index (χ3n) is 5.21. The van der Waals surface area contributed by atoms with Crippen molar-refractivity contribution >= 4 is 0 Å². The van der Waals surface area contributed by atoms with Crippen LogP contribution in [0.4, 0.5) is 8.78 Å². The lowest BCUT2D eigenvalue weighted by Gasteiger charge is -2.41. The third kappa shape index (κ3) is 6.21. The summed E-state index contributed by atoms with van der Waals surface area (Å²) in [6.07, 6.45) is 0.633. The number of benzene rings is 2. The minimum Gasteiger partial charge on any atom is -0.491 e. The Labute approximate surface area is 170 Å². The predicted molar refractivity (Wildman–Crippen MR) is 107 cm³/mol. The molecule has 29 heavy (non-hydrogen) atoms. The summed E-state index contributed by atoms with van der Waals surface area (Å²) >= 11 is 0. The molecule has 158 valence electrons. The van der Waals surface area contributed by atoms with Crippen LogP contribution in [0.25, 0.3) is 0 Å². The van der Waals surface area contributed by atoms with Crippen LogP contribution in [0.15, 0.2) is 42.5 Å². The van der Waals surface area contributed by atoms with Crippen molar-refractivity contribution in [2.45, 2.75) is 25.6 Å². The summed E-state index contributed by atoms with van der Waals surface area (Å²) in [6.45, 7) is 4.13. The summed E-state index contributed by atoms with van der Waals surface area (Å²) < 4.78 is 32.1. The first-order chi connectivity index (χ1) is 14.1. The number of aliphatic hydroxyl groups is 2. The highest BCUT2D eigenvalue weighted by atomic mass is 19.2. The second-order valence-corrected chi connectivity index (χ2v) is 7.34. The van der Waals surface area contributed by atoms with Crippen LogP contribution in [0, 0.1) is 11.6 Å². The van der Waals surface area contributed by atoms with E-state index in [1.807, 2.05) is 24.3 Å². The van der Waals surface area contributed by atoms with Crippen molar-refractivity contribution in [3.05, 3.63) is 65.2 Å². The van der Waals surface area contributed by atoms with E-state index < -0.39 is 11.6 Å². The minimum atomic E-state index is -0.835. The Morgan fingerprint density at radius 2 is 1.66 bits per heavy atom. The second kappa shape index (κ2) is 10.6. The number of halogens is 2. The SMILES string of the molecule is OCCOc1ccc(CN2CCN(Cc3ccc(F)c(F)c3)[C@@H](CCO)C2)cc1. The first kappa shape index (κ1) is 21.6. The van der Waals surface area contributed by atoms with Crippen molar-refractivity contribution < 1.29 is 23.7 Å². The highest BCUT2D eigenvalue weighted by molar-refractivity contribution is 5.27. The molecule has 1 heterocycles. The molecule has 7 heteroatoms. The largest absolute Gasteiger partial charge is 0.491 e. The van der Waals surface area contributed by atoms with E-state index in [1.54, 1.807) is 6.07 Å². The van der Waals surface area contributed by atoms with Crippen LogP contribution in [-0.2, 0) is 13.1 Å². The van der Waals surface area contributed by atoms with E-state index in [2.05, 4.69) is 9.80 Å². The van der Waals surface area contributed by atoms with Crippen LogP contribution < -0.4 is 4.74 Å². The zero-order chi connectivity index (χ0) is 20.6. The third-order valence-corrected chi connectivity index (χ3v) is 5.21. The molecule has 1 fully saturated rings. The minimum absolute atomic E-state index is 0.0111. The fraction of sp³-hybridized carbons (Fsp3) is 0.455. The van der Waals surface area contributed by atoms with Gasteiger partial charge in [-0.25, -0.2) is 8.78 Å². The van der Waals surface area contributed by atoms with Crippen LogP contribution in [0.2, 0.25) is 0 Å². The smallest absolute Gasteiger partial charge is 0.159 e. The number of aliphatic hydroxyl groups excluding tert-OH is 2. The molecule has 0 aliphatic carbocycles. The summed E-state index contributed by atoms with van der Waals surface area (Å²) in [6, 6.07) is 12.0. The average molecular weight is 406 g/mol. The molecule has 0 bridgehead atoms. The molecule has 3 rings (SSSR count). The lowest BCUT2D eigenvalue weighted by Crippen LogP contribution is -2.52. The van der Waals surface area contributed by atoms with Gasteiger partial charge in [0.15, 0.2) is 11.6 Å². The molecule has 0 unspecified atom stereocenters. The quantitative estimate of drug-likeness (QED) is 0.670. The lowest BCUT2D eigenvalue weighted by molar-refractivity contribution is 0.0499. The molecule has 0 saturated carbocycles. The molecule has 0 aromatic heterocycles. The average Bonchev–Trinajstić information content (AvgIpc) is 2.72. The number of nitrogens with zero attached hydrogens (tertiary/aromatic N) is 2. The highest BCUT2D eigenvalue weighted by Gasteiger charge is 2.26. The Kier molecular flexibility index (Phi) is 7.94. The summed E-state index contributed by atoms with van der Waals surface area (Å²) in [5, 5.41) is 18.3. The van der Waals surface area contributed by atoms with E-state index in [-0.39, 0.29) is 25.9 Å². The molecule has 0 amide bonds. The number of piperazine rings is 1. The van der Waals surface area contributed by atoms with E-state index in [9.17, 15) is 13.9 Å². The molecule has 0 spiro atoms. The number of rotatable bonds is 9. The van der Waals surface area contributed by atoms with Crippen LogP contribution in [-0.4, -0.2) is 65.5 Å². The normalized spacial score (nSPS) is 18.1. The predicted octanol–water partition coefficient (Wildman–Crippen LogP) is 2.40. The van der Waals surface area contributed by atoms with Gasteiger partial charge >= 0.3 is 0 Å². The van der Waals surface area contributed by atoms with Crippen molar-refractivity contribution in [3.8, 4) is 5.75 Å². The molecule has 1 atom stereocenters. The van der Waals surface area contributed by atoms with Crippen LogP contribution >= 0.6 is 0 Å². The fourth-order valence-electron chi connectivity index (χ4n) is 3.72. The Balaban J connectivity index is 1.58. The molecule has 1 aliphatic rings. The molecular formula is C22H28F2N2O3. The summed E-state index contributed by atoms with van der Waals surface area (Å²) in [5.74, 6) is -0.929. The first-order valence-electron chi connectivity index (χ1n) is 9.93. The molecule has 2 aromatic carbocycles. The molecule has 1 saturated heterocycles. The Bertz CT molecular complexity index is 773. The van der Waals surface area contributed by atoms with Crippen molar-refractivity contribution in [3.63, 3.8) is 0 Å². The monoisotopic (exact) mass is 406 g/mol. The lowest BCUT2D eigenvalue weighted by atomic mass is 10.1. The standard InChI is InChI=1S/C22H28F2N2O3/c23-21-6-3-18(13-22(21)24)15-26-9-8-25(16-19(26)7-10-27)14-17-1-4-20(5-2-17)29-12-11-28/h1-6,13,19,27-28H,7-12,14-16H2/t19-/m0/s1. The molecule has 1 aliphatic heterocycles. The zero-order valence-electron chi connectivity index (χ0n) is 16.4. The van der Waals surface area contributed by atoms with Gasteiger partial charge in [0, 0.05) is 45.4 Å². The maximum absolute atomic E-state index is 13.5. The van der Waals surface area contributed by atoms with Crippen molar-refractivity contribution in [1.82, 2.24) is 9.80 Å². The van der Waals surface area contributed by atoms with Gasteiger partial charge in [0.25, 0.3) is 0 Å². The molecule has 5 nitrogen and oxygen atoms in total. The number of hydrogen-bond acceptors (Lipinski definition) is 5. The van der Waals surface area contributed by atoms with Crippen LogP contribution in [0.1, 0.15) is 17.5 Å². The number of hydrogen-bond donors (Lipinski definition) is 2. The maximum atomic E-state index is 13.5. The highest BCUT2D eigenvalue weighted by Crippen LogP contribution is 2.20. The fourth-order valence-corrected chi connectivity index (χ4v) is 3.72.